The van der Waals surface area contributed by atoms with E-state index < -0.39 is 0 Å². The molecule has 1 atom stereocenters. The van der Waals surface area contributed by atoms with Crippen molar-refractivity contribution in [3.63, 3.8) is 0 Å². The van der Waals surface area contributed by atoms with Crippen LogP contribution in [-0.2, 0) is 16.0 Å². The Morgan fingerprint density at radius 1 is 1.12 bits per heavy atom. The smallest absolute Gasteiger partial charge is 0.265 e. The molecule has 1 aromatic heterocycles. The molecule has 4 rings (SSSR count). The monoisotopic (exact) mass is 364 g/mol. The molecule has 2 aromatic carbocycles. The van der Waals surface area contributed by atoms with Gasteiger partial charge in [0.15, 0.2) is 0 Å². The average Bonchev–Trinajstić information content (AvgIpc) is 3.19. The Kier molecular flexibility index (Phi) is 4.26. The highest BCUT2D eigenvalue weighted by Crippen LogP contribution is 2.26. The lowest BCUT2D eigenvalue weighted by molar-refractivity contribution is -0.125. The van der Waals surface area contributed by atoms with Gasteiger partial charge >= 0.3 is 0 Å². The predicted octanol–water partition coefficient (Wildman–Crippen LogP) is 3.36. The van der Waals surface area contributed by atoms with Crippen molar-refractivity contribution in [1.82, 2.24) is 5.32 Å². The maximum absolute atomic E-state index is 12.4. The number of rotatable bonds is 4. The number of anilines is 1. The van der Waals surface area contributed by atoms with E-state index in [4.69, 9.17) is 0 Å². The molecule has 2 heterocycles. The minimum atomic E-state index is -0.304. The second kappa shape index (κ2) is 6.72. The number of imide groups is 1. The maximum Gasteiger partial charge on any atom is 0.265 e. The summed E-state index contributed by atoms with van der Waals surface area (Å²) in [5, 5.41) is 6.27. The summed E-state index contributed by atoms with van der Waals surface area (Å²) in [5.41, 5.74) is 1.66. The van der Waals surface area contributed by atoms with Gasteiger partial charge in [0.2, 0.25) is 11.8 Å². The van der Waals surface area contributed by atoms with Crippen molar-refractivity contribution in [1.29, 1.82) is 0 Å². The molecule has 1 aliphatic heterocycles. The van der Waals surface area contributed by atoms with Crippen molar-refractivity contribution in [2.24, 2.45) is 5.92 Å². The van der Waals surface area contributed by atoms with Gasteiger partial charge < -0.3 is 5.32 Å². The fourth-order valence-electron chi connectivity index (χ4n) is 3.07. The summed E-state index contributed by atoms with van der Waals surface area (Å²) in [6.45, 7) is 0. The molecule has 6 heteroatoms. The van der Waals surface area contributed by atoms with Gasteiger partial charge in [0.05, 0.1) is 10.8 Å². The second-order valence-corrected chi connectivity index (χ2v) is 7.40. The molecule has 1 fully saturated rings. The summed E-state index contributed by atoms with van der Waals surface area (Å²) in [7, 11) is 0. The van der Waals surface area contributed by atoms with E-state index in [1.807, 2.05) is 54.6 Å². The lowest BCUT2D eigenvalue weighted by Gasteiger charge is -2.08. The van der Waals surface area contributed by atoms with Gasteiger partial charge in [-0.15, -0.1) is 11.3 Å². The molecule has 26 heavy (non-hydrogen) atoms. The number of carbonyl (C=O) groups excluding carboxylic acids is 3. The molecular weight excluding hydrogens is 348 g/mol. The zero-order chi connectivity index (χ0) is 18.1. The minimum absolute atomic E-state index is 0.139. The van der Waals surface area contributed by atoms with Crippen molar-refractivity contribution in [3.05, 3.63) is 65.0 Å². The van der Waals surface area contributed by atoms with E-state index in [-0.39, 0.29) is 30.1 Å². The highest BCUT2D eigenvalue weighted by Gasteiger charge is 2.30. The Morgan fingerprint density at radius 2 is 1.88 bits per heavy atom. The van der Waals surface area contributed by atoms with E-state index in [2.05, 4.69) is 10.6 Å². The third kappa shape index (κ3) is 3.36. The summed E-state index contributed by atoms with van der Waals surface area (Å²) in [5.74, 6) is -0.870. The Labute approximate surface area is 154 Å². The van der Waals surface area contributed by atoms with Gasteiger partial charge in [-0.05, 0) is 41.6 Å². The number of hydrogen-bond acceptors (Lipinski definition) is 4. The van der Waals surface area contributed by atoms with Crippen LogP contribution in [0.2, 0.25) is 0 Å². The number of amides is 3. The van der Waals surface area contributed by atoms with Crippen LogP contribution in [0.4, 0.5) is 5.69 Å². The number of fused-ring (bicyclic) bond motifs is 1. The molecule has 3 aromatic rings. The van der Waals surface area contributed by atoms with Gasteiger partial charge in [0, 0.05) is 16.8 Å². The van der Waals surface area contributed by atoms with E-state index in [0.29, 0.717) is 17.0 Å². The summed E-state index contributed by atoms with van der Waals surface area (Å²) in [6.07, 6.45) is 0.755. The predicted molar refractivity (Wildman–Crippen MR) is 101 cm³/mol. The lowest BCUT2D eigenvalue weighted by atomic mass is 9.98. The first-order valence-corrected chi connectivity index (χ1v) is 9.13. The van der Waals surface area contributed by atoms with E-state index in [0.717, 1.165) is 15.6 Å². The van der Waals surface area contributed by atoms with Crippen LogP contribution < -0.4 is 10.6 Å². The van der Waals surface area contributed by atoms with E-state index in [1.165, 1.54) is 11.3 Å². The fraction of sp³-hybridized carbons (Fsp3) is 0.150. The Hall–Kier alpha value is -2.99. The number of carbonyl (C=O) groups is 3. The van der Waals surface area contributed by atoms with Crippen molar-refractivity contribution in [2.45, 2.75) is 12.8 Å². The summed E-state index contributed by atoms with van der Waals surface area (Å²) >= 11 is 1.46. The van der Waals surface area contributed by atoms with Gasteiger partial charge in [0.25, 0.3) is 5.91 Å². The Balaban J connectivity index is 1.43. The largest absolute Gasteiger partial charge is 0.321 e. The second-order valence-electron chi connectivity index (χ2n) is 6.32. The molecule has 1 aliphatic rings. The van der Waals surface area contributed by atoms with E-state index in [9.17, 15) is 14.4 Å². The third-order valence-electron chi connectivity index (χ3n) is 4.41. The highest BCUT2D eigenvalue weighted by molar-refractivity contribution is 7.20. The highest BCUT2D eigenvalue weighted by atomic mass is 32.1. The van der Waals surface area contributed by atoms with Crippen LogP contribution in [0.3, 0.4) is 0 Å². The van der Waals surface area contributed by atoms with Crippen LogP contribution in [0.1, 0.15) is 21.7 Å². The number of hydrogen-bond donors (Lipinski definition) is 2. The van der Waals surface area contributed by atoms with Crippen LogP contribution in [0.25, 0.3) is 10.1 Å². The Morgan fingerprint density at radius 3 is 2.58 bits per heavy atom. The van der Waals surface area contributed by atoms with Gasteiger partial charge in [-0.3, -0.25) is 19.7 Å². The molecule has 0 saturated carbocycles. The van der Waals surface area contributed by atoms with Gasteiger partial charge in [-0.2, -0.15) is 0 Å². The standard InChI is InChI=1S/C20H16N2O3S/c23-18-11-14(19(24)22-18)9-12-5-7-15(8-6-12)21-20(25)17-10-13-3-1-2-4-16(13)26-17/h1-8,10,14H,9,11H2,(H,21,25)(H,22,23,24). The van der Waals surface area contributed by atoms with Crippen molar-refractivity contribution < 1.29 is 14.4 Å². The van der Waals surface area contributed by atoms with E-state index >= 15 is 0 Å². The van der Waals surface area contributed by atoms with Crippen molar-refractivity contribution in [3.8, 4) is 0 Å². The normalized spacial score (nSPS) is 16.7. The summed E-state index contributed by atoms with van der Waals surface area (Å²) < 4.78 is 1.08. The first kappa shape index (κ1) is 16.5. The molecule has 1 saturated heterocycles. The molecule has 2 N–H and O–H groups in total. The topological polar surface area (TPSA) is 75.3 Å². The first-order valence-electron chi connectivity index (χ1n) is 8.31. The average molecular weight is 364 g/mol. The number of nitrogens with one attached hydrogen (secondary N) is 2. The zero-order valence-corrected chi connectivity index (χ0v) is 14.6. The molecule has 0 radical (unpaired) electrons. The van der Waals surface area contributed by atoms with Crippen LogP contribution >= 0.6 is 11.3 Å². The third-order valence-corrected chi connectivity index (χ3v) is 5.52. The number of thiophene rings is 1. The first-order chi connectivity index (χ1) is 12.6. The molecule has 0 spiro atoms. The van der Waals surface area contributed by atoms with Crippen molar-refractivity contribution in [2.75, 3.05) is 5.32 Å². The van der Waals surface area contributed by atoms with Crippen LogP contribution in [0, 0.1) is 5.92 Å². The molecule has 0 bridgehead atoms. The van der Waals surface area contributed by atoms with Crippen LogP contribution in [0.15, 0.2) is 54.6 Å². The van der Waals surface area contributed by atoms with Crippen LogP contribution in [0.5, 0.6) is 0 Å². The fourth-order valence-corrected chi connectivity index (χ4v) is 4.02. The maximum atomic E-state index is 12.4. The van der Waals surface area contributed by atoms with E-state index in [1.54, 1.807) is 0 Å². The minimum Gasteiger partial charge on any atom is -0.321 e. The number of benzene rings is 2. The van der Waals surface area contributed by atoms with Gasteiger partial charge in [0.1, 0.15) is 0 Å². The quantitative estimate of drug-likeness (QED) is 0.697. The molecular formula is C20H16N2O3S. The molecule has 1 unspecified atom stereocenters. The molecule has 130 valence electrons. The summed E-state index contributed by atoms with van der Waals surface area (Å²) in [4.78, 5) is 36.0. The SMILES string of the molecule is O=C1CC(Cc2ccc(NC(=O)c3cc4ccccc4s3)cc2)C(=O)N1. The molecule has 5 nitrogen and oxygen atoms in total. The van der Waals surface area contributed by atoms with Crippen molar-refractivity contribution >= 4 is 44.8 Å². The Bertz CT molecular complexity index is 974. The van der Waals surface area contributed by atoms with Gasteiger partial charge in [-0.1, -0.05) is 30.3 Å². The summed E-state index contributed by atoms with van der Waals surface area (Å²) in [6, 6.07) is 17.2. The zero-order valence-electron chi connectivity index (χ0n) is 13.8. The van der Waals surface area contributed by atoms with Gasteiger partial charge in [-0.25, -0.2) is 0 Å². The lowest BCUT2D eigenvalue weighted by Crippen LogP contribution is -2.22. The molecule has 3 amide bonds. The van der Waals surface area contributed by atoms with Crippen LogP contribution in [-0.4, -0.2) is 17.7 Å². The molecule has 0 aliphatic carbocycles.